The number of piperidine rings is 1. The van der Waals surface area contributed by atoms with E-state index in [2.05, 4.69) is 42.9 Å². The molecule has 1 aromatic heterocycles. The maximum atomic E-state index is 10.4. The van der Waals surface area contributed by atoms with E-state index in [0.717, 1.165) is 18.4 Å². The molecule has 2 aromatic rings. The van der Waals surface area contributed by atoms with Gasteiger partial charge < -0.3 is 37.5 Å². The molecular weight excluding hydrogens is 376 g/mol. The Kier molecular flexibility index (Phi) is 5.76. The topological polar surface area (TPSA) is 127 Å². The molecule has 0 radical (unpaired) electrons. The largest absolute Gasteiger partial charge is 0.507 e. The standard InChI is InChI=1S/C23H34N6O/c1-22(2)13-17(14-23(3,4)28-22)29-10-7-15(21(29)26)11-19(25)18-6-5-16(12-20(18)30)27-9-8-24/h5-12,17,27-28,30H,13-14,24-26H2,1-4H3/b9-8-,19-11-. The van der Waals surface area contributed by atoms with Crippen molar-refractivity contribution in [3.8, 4) is 5.75 Å². The van der Waals surface area contributed by atoms with Crippen molar-refractivity contribution < 1.29 is 5.11 Å². The molecule has 0 bridgehead atoms. The molecule has 0 atom stereocenters. The molecule has 1 aromatic carbocycles. The van der Waals surface area contributed by atoms with Gasteiger partial charge in [0.25, 0.3) is 0 Å². The summed E-state index contributed by atoms with van der Waals surface area (Å²) in [5.74, 6) is 0.765. The summed E-state index contributed by atoms with van der Waals surface area (Å²) in [6.07, 6.45) is 8.78. The van der Waals surface area contributed by atoms with Crippen LogP contribution >= 0.6 is 0 Å². The van der Waals surface area contributed by atoms with Crippen molar-refractivity contribution in [2.75, 3.05) is 11.1 Å². The van der Waals surface area contributed by atoms with Gasteiger partial charge in [0.1, 0.15) is 11.6 Å². The van der Waals surface area contributed by atoms with E-state index in [1.807, 2.05) is 24.4 Å². The summed E-state index contributed by atoms with van der Waals surface area (Å²) in [7, 11) is 0. The molecular formula is C23H34N6O. The maximum Gasteiger partial charge on any atom is 0.126 e. The minimum atomic E-state index is 0.0266. The summed E-state index contributed by atoms with van der Waals surface area (Å²) in [5, 5.41) is 17.0. The number of rotatable bonds is 5. The number of nitrogens with zero attached hydrogens (tertiary/aromatic N) is 1. The number of benzene rings is 1. The van der Waals surface area contributed by atoms with Crippen LogP contribution < -0.4 is 27.8 Å². The number of phenols is 1. The van der Waals surface area contributed by atoms with Gasteiger partial charge in [-0.3, -0.25) is 0 Å². The number of hydrogen-bond acceptors (Lipinski definition) is 6. The van der Waals surface area contributed by atoms with E-state index in [4.69, 9.17) is 17.2 Å². The lowest BCUT2D eigenvalue weighted by Gasteiger charge is -2.47. The molecule has 7 heteroatoms. The summed E-state index contributed by atoms with van der Waals surface area (Å²) in [4.78, 5) is 0. The fourth-order valence-corrected chi connectivity index (χ4v) is 4.64. The third-order valence-corrected chi connectivity index (χ3v) is 5.52. The number of nitrogen functional groups attached to an aromatic ring is 1. The van der Waals surface area contributed by atoms with Gasteiger partial charge in [0.15, 0.2) is 0 Å². The lowest BCUT2D eigenvalue weighted by atomic mass is 9.79. The number of hydrogen-bond donors (Lipinski definition) is 6. The number of anilines is 2. The van der Waals surface area contributed by atoms with Gasteiger partial charge in [0, 0.05) is 64.3 Å². The zero-order valence-corrected chi connectivity index (χ0v) is 18.2. The molecule has 0 unspecified atom stereocenters. The van der Waals surface area contributed by atoms with E-state index in [-0.39, 0.29) is 16.8 Å². The average molecular weight is 411 g/mol. The molecule has 3 rings (SSSR count). The predicted octanol–water partition coefficient (Wildman–Crippen LogP) is 3.56. The lowest BCUT2D eigenvalue weighted by Crippen LogP contribution is -2.57. The van der Waals surface area contributed by atoms with Crippen molar-refractivity contribution in [2.24, 2.45) is 11.5 Å². The van der Waals surface area contributed by atoms with Gasteiger partial charge in [-0.25, -0.2) is 0 Å². The third kappa shape index (κ3) is 4.74. The normalized spacial score (nSPS) is 19.3. The van der Waals surface area contributed by atoms with E-state index >= 15 is 0 Å². The first kappa shape index (κ1) is 21.6. The Labute approximate surface area is 178 Å². The number of aromatic nitrogens is 1. The number of aromatic hydroxyl groups is 1. The molecule has 2 heterocycles. The fraction of sp³-hybridized carbons (Fsp3) is 0.391. The molecule has 0 saturated carbocycles. The van der Waals surface area contributed by atoms with Crippen LogP contribution in [-0.4, -0.2) is 20.8 Å². The predicted molar refractivity (Wildman–Crippen MR) is 126 cm³/mol. The first-order chi connectivity index (χ1) is 14.0. The van der Waals surface area contributed by atoms with E-state index in [0.29, 0.717) is 28.8 Å². The van der Waals surface area contributed by atoms with Crippen LogP contribution in [0.2, 0.25) is 0 Å². The van der Waals surface area contributed by atoms with Gasteiger partial charge in [-0.15, -0.1) is 0 Å². The van der Waals surface area contributed by atoms with Crippen molar-refractivity contribution >= 4 is 23.3 Å². The number of nitrogens with one attached hydrogen (secondary N) is 2. The number of phenolic OH excluding ortho intramolecular Hbond substituents is 1. The summed E-state index contributed by atoms with van der Waals surface area (Å²) in [6, 6.07) is 7.46. The first-order valence-electron chi connectivity index (χ1n) is 10.2. The maximum absolute atomic E-state index is 10.4. The minimum absolute atomic E-state index is 0.0266. The number of nitrogens with two attached hydrogens (primary N) is 3. The molecule has 0 spiro atoms. The first-order valence-corrected chi connectivity index (χ1v) is 10.2. The van der Waals surface area contributed by atoms with Gasteiger partial charge in [0.05, 0.1) is 0 Å². The van der Waals surface area contributed by atoms with Crippen LogP contribution in [0.5, 0.6) is 5.75 Å². The third-order valence-electron chi connectivity index (χ3n) is 5.52. The summed E-state index contributed by atoms with van der Waals surface area (Å²) in [5.41, 5.74) is 20.7. The van der Waals surface area contributed by atoms with Crippen LogP contribution in [0.25, 0.3) is 11.8 Å². The lowest BCUT2D eigenvalue weighted by molar-refractivity contribution is 0.134. The van der Waals surface area contributed by atoms with E-state index in [1.165, 1.54) is 6.20 Å². The second-order valence-electron chi connectivity index (χ2n) is 9.35. The van der Waals surface area contributed by atoms with Crippen molar-refractivity contribution in [1.29, 1.82) is 0 Å². The SMILES string of the molecule is CC1(C)CC(n2ccc(/C=C(\N)c3ccc(N/C=C\N)cc3O)c2N)CC(C)(C)N1. The quantitative estimate of drug-likeness (QED) is 0.447. The van der Waals surface area contributed by atoms with Crippen LogP contribution in [-0.2, 0) is 0 Å². The highest BCUT2D eigenvalue weighted by atomic mass is 16.3. The highest BCUT2D eigenvalue weighted by molar-refractivity contribution is 5.85. The second kappa shape index (κ2) is 7.99. The van der Waals surface area contributed by atoms with E-state index in [9.17, 15) is 5.11 Å². The van der Waals surface area contributed by atoms with Crippen LogP contribution in [0.4, 0.5) is 11.5 Å². The molecule has 0 aliphatic carbocycles. The van der Waals surface area contributed by atoms with Crippen LogP contribution in [0.3, 0.4) is 0 Å². The minimum Gasteiger partial charge on any atom is -0.507 e. The Morgan fingerprint density at radius 3 is 2.47 bits per heavy atom. The van der Waals surface area contributed by atoms with Gasteiger partial charge in [-0.1, -0.05) is 0 Å². The van der Waals surface area contributed by atoms with Crippen molar-refractivity contribution in [3.63, 3.8) is 0 Å². The van der Waals surface area contributed by atoms with Crippen LogP contribution in [0, 0.1) is 0 Å². The van der Waals surface area contributed by atoms with Crippen LogP contribution in [0.1, 0.15) is 57.7 Å². The molecule has 30 heavy (non-hydrogen) atoms. The Balaban J connectivity index is 1.86. The Morgan fingerprint density at radius 2 is 1.87 bits per heavy atom. The Morgan fingerprint density at radius 1 is 1.20 bits per heavy atom. The molecule has 1 aliphatic heterocycles. The Bertz CT molecular complexity index is 954. The second-order valence-corrected chi connectivity index (χ2v) is 9.35. The highest BCUT2D eigenvalue weighted by Gasteiger charge is 2.38. The smallest absolute Gasteiger partial charge is 0.126 e. The van der Waals surface area contributed by atoms with Gasteiger partial charge in [0.2, 0.25) is 0 Å². The van der Waals surface area contributed by atoms with E-state index in [1.54, 1.807) is 18.3 Å². The van der Waals surface area contributed by atoms with Crippen LogP contribution in [0.15, 0.2) is 42.9 Å². The monoisotopic (exact) mass is 410 g/mol. The molecule has 1 aliphatic rings. The zero-order valence-electron chi connectivity index (χ0n) is 18.2. The summed E-state index contributed by atoms with van der Waals surface area (Å²) in [6.45, 7) is 8.90. The Hall–Kier alpha value is -3.06. The van der Waals surface area contributed by atoms with Gasteiger partial charge in [-0.05, 0) is 64.8 Å². The molecule has 9 N–H and O–H groups in total. The molecule has 162 valence electrons. The average Bonchev–Trinajstić information content (AvgIpc) is 2.98. The van der Waals surface area contributed by atoms with Gasteiger partial charge >= 0.3 is 0 Å². The van der Waals surface area contributed by atoms with E-state index < -0.39 is 0 Å². The van der Waals surface area contributed by atoms with Crippen molar-refractivity contribution in [3.05, 3.63) is 54.0 Å². The van der Waals surface area contributed by atoms with Crippen molar-refractivity contribution in [2.45, 2.75) is 57.7 Å². The summed E-state index contributed by atoms with van der Waals surface area (Å²) < 4.78 is 2.15. The summed E-state index contributed by atoms with van der Waals surface area (Å²) >= 11 is 0. The van der Waals surface area contributed by atoms with Crippen molar-refractivity contribution in [1.82, 2.24) is 9.88 Å². The van der Waals surface area contributed by atoms with Gasteiger partial charge in [-0.2, -0.15) is 0 Å². The molecule has 7 nitrogen and oxygen atoms in total. The zero-order chi connectivity index (χ0) is 22.1. The fourth-order valence-electron chi connectivity index (χ4n) is 4.64. The molecule has 0 amide bonds. The molecule has 1 saturated heterocycles. The molecule has 1 fully saturated rings. The highest BCUT2D eigenvalue weighted by Crippen LogP contribution is 2.38.